The summed E-state index contributed by atoms with van der Waals surface area (Å²) in [5.41, 5.74) is 0. The van der Waals surface area contributed by atoms with Gasteiger partial charge in [0.25, 0.3) is 0 Å². The third kappa shape index (κ3) is 4.51. The van der Waals surface area contributed by atoms with Crippen molar-refractivity contribution in [2.24, 2.45) is 0 Å². The Labute approximate surface area is 95.3 Å². The molecule has 0 amide bonds. The lowest BCUT2D eigenvalue weighted by molar-refractivity contribution is 0.140. The molecule has 84 valence electrons. The topological polar surface area (TPSA) is 30.5 Å². The quantitative estimate of drug-likeness (QED) is 0.809. The van der Waals surface area contributed by atoms with Crippen molar-refractivity contribution in [3.63, 3.8) is 0 Å². The molecule has 1 aromatic rings. The van der Waals surface area contributed by atoms with E-state index in [-0.39, 0.29) is 6.04 Å². The zero-order chi connectivity index (χ0) is 11.1. The van der Waals surface area contributed by atoms with E-state index in [1.807, 2.05) is 31.3 Å². The van der Waals surface area contributed by atoms with Crippen LogP contribution in [0.25, 0.3) is 0 Å². The van der Waals surface area contributed by atoms with Crippen molar-refractivity contribution in [2.45, 2.75) is 6.04 Å². The number of hydrogen-bond acceptors (Lipinski definition) is 3. The molecule has 0 aromatic heterocycles. The number of likely N-dealkylation sites (N-methyl/N-ethyl adjacent to an activating group) is 1. The average molecular weight is 230 g/mol. The summed E-state index contributed by atoms with van der Waals surface area (Å²) < 4.78 is 10.6. The Morgan fingerprint density at radius 3 is 2.47 bits per heavy atom. The average Bonchev–Trinajstić information content (AvgIpc) is 2.26. The second-order valence-corrected chi connectivity index (χ2v) is 3.64. The number of halogens is 1. The first-order chi connectivity index (χ1) is 7.26. The van der Waals surface area contributed by atoms with Gasteiger partial charge in [0.2, 0.25) is 0 Å². The van der Waals surface area contributed by atoms with Gasteiger partial charge in [-0.1, -0.05) is 11.6 Å². The van der Waals surface area contributed by atoms with E-state index in [0.29, 0.717) is 18.2 Å². The summed E-state index contributed by atoms with van der Waals surface area (Å²) in [5.74, 6) is 0.816. The summed E-state index contributed by atoms with van der Waals surface area (Å²) in [6.07, 6.45) is 0. The van der Waals surface area contributed by atoms with Crippen LogP contribution in [0.3, 0.4) is 0 Å². The van der Waals surface area contributed by atoms with Gasteiger partial charge in [0.1, 0.15) is 12.4 Å². The number of benzene rings is 1. The standard InChI is InChI=1S/C11H16ClNO2/c1-13-10(7-14-2)8-15-11-5-3-9(12)4-6-11/h3-6,10,13H,7-8H2,1-2H3. The summed E-state index contributed by atoms with van der Waals surface area (Å²) in [6, 6.07) is 7.51. The van der Waals surface area contributed by atoms with Crippen LogP contribution >= 0.6 is 11.6 Å². The van der Waals surface area contributed by atoms with Crippen LogP contribution in [0.4, 0.5) is 0 Å². The molecule has 1 atom stereocenters. The zero-order valence-electron chi connectivity index (χ0n) is 9.00. The van der Waals surface area contributed by atoms with Crippen molar-refractivity contribution in [3.8, 4) is 5.75 Å². The van der Waals surface area contributed by atoms with Gasteiger partial charge in [-0.15, -0.1) is 0 Å². The maximum absolute atomic E-state index is 5.76. The van der Waals surface area contributed by atoms with E-state index in [2.05, 4.69) is 5.32 Å². The van der Waals surface area contributed by atoms with Crippen LogP contribution in [0.1, 0.15) is 0 Å². The molecule has 0 radical (unpaired) electrons. The molecule has 0 heterocycles. The van der Waals surface area contributed by atoms with Crippen LogP contribution in [0.2, 0.25) is 5.02 Å². The van der Waals surface area contributed by atoms with Crippen molar-refractivity contribution < 1.29 is 9.47 Å². The fourth-order valence-corrected chi connectivity index (χ4v) is 1.27. The van der Waals surface area contributed by atoms with Gasteiger partial charge < -0.3 is 14.8 Å². The SMILES string of the molecule is CNC(COC)COc1ccc(Cl)cc1. The number of ether oxygens (including phenoxy) is 2. The lowest BCUT2D eigenvalue weighted by atomic mass is 10.3. The Kier molecular flexibility index (Phi) is 5.47. The van der Waals surface area contributed by atoms with E-state index in [1.54, 1.807) is 7.11 Å². The number of methoxy groups -OCH3 is 1. The van der Waals surface area contributed by atoms with Crippen molar-refractivity contribution in [1.29, 1.82) is 0 Å². The largest absolute Gasteiger partial charge is 0.492 e. The van der Waals surface area contributed by atoms with Gasteiger partial charge in [-0.3, -0.25) is 0 Å². The highest BCUT2D eigenvalue weighted by Crippen LogP contribution is 2.15. The summed E-state index contributed by atoms with van der Waals surface area (Å²) in [5, 5.41) is 3.82. The van der Waals surface area contributed by atoms with Crippen molar-refractivity contribution >= 4 is 11.6 Å². The summed E-state index contributed by atoms with van der Waals surface area (Å²) in [6.45, 7) is 1.20. The van der Waals surface area contributed by atoms with Crippen LogP contribution in [0, 0.1) is 0 Å². The van der Waals surface area contributed by atoms with Crippen LogP contribution in [0.5, 0.6) is 5.75 Å². The van der Waals surface area contributed by atoms with E-state index in [1.165, 1.54) is 0 Å². The molecule has 0 aliphatic heterocycles. The summed E-state index contributed by atoms with van der Waals surface area (Å²) >= 11 is 5.76. The van der Waals surface area contributed by atoms with Crippen molar-refractivity contribution in [3.05, 3.63) is 29.3 Å². The molecule has 1 unspecified atom stereocenters. The Balaban J connectivity index is 2.38. The van der Waals surface area contributed by atoms with Gasteiger partial charge in [0.15, 0.2) is 0 Å². The van der Waals surface area contributed by atoms with Gasteiger partial charge in [-0.2, -0.15) is 0 Å². The highest BCUT2D eigenvalue weighted by atomic mass is 35.5. The minimum atomic E-state index is 0.200. The normalized spacial score (nSPS) is 12.5. The molecular formula is C11H16ClNO2. The molecule has 0 bridgehead atoms. The van der Waals surface area contributed by atoms with Gasteiger partial charge in [0.05, 0.1) is 12.6 Å². The van der Waals surface area contributed by atoms with E-state index in [0.717, 1.165) is 5.75 Å². The molecule has 0 spiro atoms. The third-order valence-electron chi connectivity index (χ3n) is 2.04. The second kappa shape index (κ2) is 6.67. The Morgan fingerprint density at radius 2 is 1.93 bits per heavy atom. The van der Waals surface area contributed by atoms with E-state index >= 15 is 0 Å². The minimum absolute atomic E-state index is 0.200. The first-order valence-corrected chi connectivity index (χ1v) is 5.18. The molecule has 0 saturated carbocycles. The molecule has 3 nitrogen and oxygen atoms in total. The zero-order valence-corrected chi connectivity index (χ0v) is 9.75. The summed E-state index contributed by atoms with van der Waals surface area (Å²) in [7, 11) is 3.56. The van der Waals surface area contributed by atoms with E-state index < -0.39 is 0 Å². The van der Waals surface area contributed by atoms with Crippen LogP contribution in [-0.2, 0) is 4.74 Å². The number of rotatable bonds is 6. The van der Waals surface area contributed by atoms with Gasteiger partial charge in [-0.25, -0.2) is 0 Å². The molecule has 4 heteroatoms. The van der Waals surface area contributed by atoms with Crippen LogP contribution in [0.15, 0.2) is 24.3 Å². The fourth-order valence-electron chi connectivity index (χ4n) is 1.14. The van der Waals surface area contributed by atoms with Crippen LogP contribution < -0.4 is 10.1 Å². The maximum Gasteiger partial charge on any atom is 0.119 e. The highest BCUT2D eigenvalue weighted by Gasteiger charge is 2.05. The molecule has 0 aliphatic rings. The molecule has 0 saturated heterocycles. The highest BCUT2D eigenvalue weighted by molar-refractivity contribution is 6.30. The Morgan fingerprint density at radius 1 is 1.27 bits per heavy atom. The van der Waals surface area contributed by atoms with E-state index in [4.69, 9.17) is 21.1 Å². The Hall–Kier alpha value is -0.770. The third-order valence-corrected chi connectivity index (χ3v) is 2.29. The molecule has 1 N–H and O–H groups in total. The van der Waals surface area contributed by atoms with Crippen LogP contribution in [-0.4, -0.2) is 33.4 Å². The molecule has 0 fully saturated rings. The first-order valence-electron chi connectivity index (χ1n) is 4.81. The molecule has 1 aromatic carbocycles. The first kappa shape index (κ1) is 12.3. The lowest BCUT2D eigenvalue weighted by Gasteiger charge is -2.15. The Bertz CT molecular complexity index is 276. The molecule has 15 heavy (non-hydrogen) atoms. The minimum Gasteiger partial charge on any atom is -0.492 e. The smallest absolute Gasteiger partial charge is 0.119 e. The summed E-state index contributed by atoms with van der Waals surface area (Å²) in [4.78, 5) is 0. The number of nitrogens with one attached hydrogen (secondary N) is 1. The van der Waals surface area contributed by atoms with Gasteiger partial charge in [-0.05, 0) is 31.3 Å². The van der Waals surface area contributed by atoms with Gasteiger partial charge >= 0.3 is 0 Å². The fraction of sp³-hybridized carbons (Fsp3) is 0.455. The molecule has 1 rings (SSSR count). The van der Waals surface area contributed by atoms with Crippen molar-refractivity contribution in [2.75, 3.05) is 27.4 Å². The second-order valence-electron chi connectivity index (χ2n) is 3.21. The monoisotopic (exact) mass is 229 g/mol. The number of hydrogen-bond donors (Lipinski definition) is 1. The predicted octanol–water partition coefficient (Wildman–Crippen LogP) is 1.95. The van der Waals surface area contributed by atoms with Crippen molar-refractivity contribution in [1.82, 2.24) is 5.32 Å². The van der Waals surface area contributed by atoms with Gasteiger partial charge in [0, 0.05) is 12.1 Å². The molecular weight excluding hydrogens is 214 g/mol. The van der Waals surface area contributed by atoms with E-state index in [9.17, 15) is 0 Å². The maximum atomic E-state index is 5.76. The predicted molar refractivity (Wildman–Crippen MR) is 61.7 cm³/mol. The molecule has 0 aliphatic carbocycles. The lowest BCUT2D eigenvalue weighted by Crippen LogP contribution is -2.35.